The molecule has 2 aromatic rings. The van der Waals surface area contributed by atoms with Crippen LogP contribution in [0.2, 0.25) is 0 Å². The second kappa shape index (κ2) is 6.29. The van der Waals surface area contributed by atoms with Crippen LogP contribution in [-0.4, -0.2) is 47.6 Å². The Morgan fingerprint density at radius 1 is 1.24 bits per heavy atom. The molecular formula is C22H24N4O3. The third-order valence-electron chi connectivity index (χ3n) is 6.64. The third kappa shape index (κ3) is 2.37. The number of hydrogen-bond acceptors (Lipinski definition) is 6. The van der Waals surface area contributed by atoms with Gasteiger partial charge in [0, 0.05) is 37.7 Å². The second-order valence-electron chi connectivity index (χ2n) is 8.03. The first-order valence-corrected chi connectivity index (χ1v) is 9.91. The molecule has 2 spiro atoms. The fourth-order valence-corrected chi connectivity index (χ4v) is 5.02. The lowest BCUT2D eigenvalue weighted by Crippen LogP contribution is -2.57. The first kappa shape index (κ1) is 18.1. The Hall–Kier alpha value is -2.93. The number of ether oxygens (including phenoxy) is 2. The number of methoxy groups -OCH3 is 1. The molecule has 0 saturated heterocycles. The fourth-order valence-electron chi connectivity index (χ4n) is 5.02. The van der Waals surface area contributed by atoms with Crippen LogP contribution in [0.3, 0.4) is 0 Å². The van der Waals surface area contributed by atoms with Crippen molar-refractivity contribution in [3.8, 4) is 16.9 Å². The molecule has 5 rings (SSSR count). The van der Waals surface area contributed by atoms with Crippen LogP contribution in [0.1, 0.15) is 31.2 Å². The van der Waals surface area contributed by atoms with Crippen molar-refractivity contribution in [3.05, 3.63) is 48.3 Å². The Labute approximate surface area is 169 Å². The molecule has 2 aliphatic heterocycles. The maximum absolute atomic E-state index is 13.6. The highest BCUT2D eigenvalue weighted by atomic mass is 16.5. The molecule has 1 atom stereocenters. The average molecular weight is 392 g/mol. The predicted molar refractivity (Wildman–Crippen MR) is 108 cm³/mol. The lowest BCUT2D eigenvalue weighted by molar-refractivity contribution is -0.140. The minimum atomic E-state index is -1.15. The van der Waals surface area contributed by atoms with E-state index in [1.807, 2.05) is 36.5 Å². The average Bonchev–Trinajstić information content (AvgIpc) is 3.15. The van der Waals surface area contributed by atoms with Crippen LogP contribution in [-0.2, 0) is 15.1 Å². The highest BCUT2D eigenvalue weighted by Gasteiger charge is 2.68. The van der Waals surface area contributed by atoms with Gasteiger partial charge in [-0.3, -0.25) is 14.7 Å². The molecule has 1 aromatic carbocycles. The van der Waals surface area contributed by atoms with E-state index < -0.39 is 11.1 Å². The molecule has 1 aromatic heterocycles. The number of benzene rings is 1. The molecule has 1 aliphatic carbocycles. The zero-order chi connectivity index (χ0) is 20.2. The van der Waals surface area contributed by atoms with Gasteiger partial charge in [-0.05, 0) is 49.4 Å². The summed E-state index contributed by atoms with van der Waals surface area (Å²) >= 11 is 0. The zero-order valence-electron chi connectivity index (χ0n) is 16.6. The molecule has 29 heavy (non-hydrogen) atoms. The minimum absolute atomic E-state index is 0.132. The number of pyridine rings is 1. The van der Waals surface area contributed by atoms with Crippen LogP contribution in [0, 0.1) is 0 Å². The molecule has 1 fully saturated rings. The number of hydrogen-bond donors (Lipinski definition) is 1. The molecule has 150 valence electrons. The minimum Gasteiger partial charge on any atom is -0.483 e. The van der Waals surface area contributed by atoms with Crippen LogP contribution in [0.25, 0.3) is 11.1 Å². The summed E-state index contributed by atoms with van der Waals surface area (Å²) in [6.07, 6.45) is 6.71. The maximum atomic E-state index is 13.6. The number of nitrogens with zero attached hydrogens (tertiary/aromatic N) is 3. The summed E-state index contributed by atoms with van der Waals surface area (Å²) in [5.41, 5.74) is 6.97. The number of rotatable bonds is 2. The SMILES string of the molecule is COC1CCC2(CC1)Oc1ccc(-c3cccnc3)cc1C21N=C(N)N(C)C1=O. The van der Waals surface area contributed by atoms with Gasteiger partial charge >= 0.3 is 0 Å². The largest absolute Gasteiger partial charge is 0.483 e. The molecular weight excluding hydrogens is 368 g/mol. The zero-order valence-corrected chi connectivity index (χ0v) is 16.6. The van der Waals surface area contributed by atoms with E-state index in [-0.39, 0.29) is 18.0 Å². The number of amides is 1. The Morgan fingerprint density at radius 3 is 2.66 bits per heavy atom. The van der Waals surface area contributed by atoms with E-state index in [0.717, 1.165) is 29.5 Å². The van der Waals surface area contributed by atoms with Crippen molar-refractivity contribution in [2.45, 2.75) is 42.9 Å². The van der Waals surface area contributed by atoms with E-state index in [0.29, 0.717) is 18.6 Å². The highest BCUT2D eigenvalue weighted by molar-refractivity contribution is 6.08. The molecule has 0 radical (unpaired) electrons. The number of fused-ring (bicyclic) bond motifs is 3. The molecule has 0 bridgehead atoms. The molecule has 7 heteroatoms. The molecule has 7 nitrogen and oxygen atoms in total. The summed E-state index contributed by atoms with van der Waals surface area (Å²) in [5.74, 6) is 0.799. The summed E-state index contributed by atoms with van der Waals surface area (Å²) in [5, 5.41) is 0. The molecule has 3 aliphatic rings. The third-order valence-corrected chi connectivity index (χ3v) is 6.64. The number of carbonyl (C=O) groups excluding carboxylic acids is 1. The van der Waals surface area contributed by atoms with Crippen LogP contribution in [0.4, 0.5) is 0 Å². The van der Waals surface area contributed by atoms with Crippen LogP contribution in [0.5, 0.6) is 5.75 Å². The quantitative estimate of drug-likeness (QED) is 0.848. The standard InChI is InChI=1S/C22H24N4O3/c1-26-19(27)22(25-20(26)23)17-12-14(15-4-3-11-24-13-15)5-6-18(17)29-21(22)9-7-16(28-2)8-10-21/h3-6,11-13,16H,7-10H2,1-2H3,(H2,23,25). The fraction of sp³-hybridized carbons (Fsp3) is 0.409. The smallest absolute Gasteiger partial charge is 0.266 e. The maximum Gasteiger partial charge on any atom is 0.266 e. The molecule has 1 saturated carbocycles. The molecule has 2 N–H and O–H groups in total. The van der Waals surface area contributed by atoms with Gasteiger partial charge in [0.1, 0.15) is 11.4 Å². The van der Waals surface area contributed by atoms with E-state index >= 15 is 0 Å². The van der Waals surface area contributed by atoms with Gasteiger partial charge in [-0.1, -0.05) is 12.1 Å². The number of carbonyl (C=O) groups is 1. The van der Waals surface area contributed by atoms with Gasteiger partial charge in [-0.2, -0.15) is 0 Å². The Kier molecular flexibility index (Phi) is 3.93. The number of likely N-dealkylation sites (N-methyl/N-ethyl adjacent to an activating group) is 1. The van der Waals surface area contributed by atoms with Gasteiger partial charge in [-0.15, -0.1) is 0 Å². The molecule has 3 heterocycles. The molecule has 1 amide bonds. The van der Waals surface area contributed by atoms with E-state index in [4.69, 9.17) is 20.2 Å². The first-order valence-electron chi connectivity index (χ1n) is 9.91. The van der Waals surface area contributed by atoms with Gasteiger partial charge in [0.05, 0.1) is 6.10 Å². The van der Waals surface area contributed by atoms with E-state index in [1.54, 1.807) is 20.4 Å². The van der Waals surface area contributed by atoms with Crippen molar-refractivity contribution in [3.63, 3.8) is 0 Å². The van der Waals surface area contributed by atoms with Gasteiger partial charge in [-0.25, -0.2) is 4.99 Å². The van der Waals surface area contributed by atoms with E-state index in [2.05, 4.69) is 4.98 Å². The van der Waals surface area contributed by atoms with Gasteiger partial charge in [0.2, 0.25) is 5.54 Å². The first-order chi connectivity index (χ1) is 14.0. The van der Waals surface area contributed by atoms with Gasteiger partial charge in [0.25, 0.3) is 5.91 Å². The van der Waals surface area contributed by atoms with Crippen molar-refractivity contribution in [1.82, 2.24) is 9.88 Å². The van der Waals surface area contributed by atoms with Crippen molar-refractivity contribution < 1.29 is 14.3 Å². The Bertz CT molecular complexity index is 998. The lowest BCUT2D eigenvalue weighted by atomic mass is 9.68. The van der Waals surface area contributed by atoms with Gasteiger partial charge in [0.15, 0.2) is 5.96 Å². The summed E-state index contributed by atoms with van der Waals surface area (Å²) in [4.78, 5) is 24.0. The van der Waals surface area contributed by atoms with Crippen molar-refractivity contribution in [2.24, 2.45) is 10.7 Å². The number of aliphatic imine (C=N–C) groups is 1. The van der Waals surface area contributed by atoms with E-state index in [9.17, 15) is 4.79 Å². The topological polar surface area (TPSA) is 90.0 Å². The second-order valence-corrected chi connectivity index (χ2v) is 8.03. The highest BCUT2D eigenvalue weighted by Crippen LogP contribution is 2.58. The van der Waals surface area contributed by atoms with Crippen molar-refractivity contribution in [1.29, 1.82) is 0 Å². The van der Waals surface area contributed by atoms with Crippen molar-refractivity contribution in [2.75, 3.05) is 14.2 Å². The summed E-state index contributed by atoms with van der Waals surface area (Å²) < 4.78 is 12.1. The van der Waals surface area contributed by atoms with Gasteiger partial charge < -0.3 is 15.2 Å². The predicted octanol–water partition coefficient (Wildman–Crippen LogP) is 2.45. The summed E-state index contributed by atoms with van der Waals surface area (Å²) in [7, 11) is 3.40. The van der Waals surface area contributed by atoms with E-state index in [1.165, 1.54) is 4.90 Å². The summed E-state index contributed by atoms with van der Waals surface area (Å²) in [6.45, 7) is 0. The number of aromatic nitrogens is 1. The summed E-state index contributed by atoms with van der Waals surface area (Å²) in [6, 6.07) is 9.84. The van der Waals surface area contributed by atoms with Crippen LogP contribution in [0.15, 0.2) is 47.7 Å². The van der Waals surface area contributed by atoms with Crippen LogP contribution >= 0.6 is 0 Å². The number of guanidine groups is 1. The van der Waals surface area contributed by atoms with Crippen LogP contribution < -0.4 is 10.5 Å². The Balaban J connectivity index is 1.68. The number of nitrogens with two attached hydrogens (primary N) is 1. The van der Waals surface area contributed by atoms with Crippen molar-refractivity contribution >= 4 is 11.9 Å². The Morgan fingerprint density at radius 2 is 2.03 bits per heavy atom. The normalized spacial score (nSPS) is 30.6. The lowest BCUT2D eigenvalue weighted by Gasteiger charge is -2.43. The monoisotopic (exact) mass is 392 g/mol. The molecule has 1 unspecified atom stereocenters.